The second kappa shape index (κ2) is 7.02. The van der Waals surface area contributed by atoms with Gasteiger partial charge in [-0.25, -0.2) is 0 Å². The van der Waals surface area contributed by atoms with Crippen LogP contribution in [0.15, 0.2) is 38.3 Å². The Hall–Kier alpha value is -3.00. The van der Waals surface area contributed by atoms with Gasteiger partial charge in [0.15, 0.2) is 0 Å². The van der Waals surface area contributed by atoms with E-state index in [0.717, 1.165) is 0 Å². The van der Waals surface area contributed by atoms with E-state index in [2.05, 4.69) is 16.0 Å². The minimum atomic E-state index is -1.28. The Morgan fingerprint density at radius 1 is 1.06 bits per heavy atom. The summed E-state index contributed by atoms with van der Waals surface area (Å²) in [6, 6.07) is 6.75. The van der Waals surface area contributed by atoms with Gasteiger partial charge in [-0.2, -0.15) is 0 Å². The standard InChI is InChI=1S/C22H21BClN3O4/c1-10-5-8-14(31-10)22(23,21(2,3)4)27-17-16(18(28)19(17)29)26-13-7-6-12(24)11-9-25-20(30)15(11)13/h5-8,26-27H,9H2,1-4H3,(H,25,30). The monoisotopic (exact) mass is 437 g/mol. The minimum Gasteiger partial charge on any atom is -0.465 e. The average Bonchev–Trinajstić information content (AvgIpc) is 3.31. The van der Waals surface area contributed by atoms with E-state index in [-0.39, 0.29) is 17.3 Å². The molecular weight excluding hydrogens is 417 g/mol. The maximum atomic E-state index is 12.5. The van der Waals surface area contributed by atoms with Crippen LogP contribution in [-0.2, 0) is 12.0 Å². The van der Waals surface area contributed by atoms with Gasteiger partial charge in [-0.3, -0.25) is 14.4 Å². The van der Waals surface area contributed by atoms with Gasteiger partial charge >= 0.3 is 0 Å². The summed E-state index contributed by atoms with van der Waals surface area (Å²) in [6.07, 6.45) is 0. The van der Waals surface area contributed by atoms with Gasteiger partial charge in [0.2, 0.25) is 0 Å². The summed E-state index contributed by atoms with van der Waals surface area (Å²) in [5, 5.41) is 9.14. The molecule has 1 amide bonds. The van der Waals surface area contributed by atoms with Crippen molar-refractivity contribution in [2.45, 2.75) is 39.7 Å². The van der Waals surface area contributed by atoms with Crippen molar-refractivity contribution >= 4 is 42.4 Å². The summed E-state index contributed by atoms with van der Waals surface area (Å²) in [5.74, 6) is 0.798. The Morgan fingerprint density at radius 2 is 1.74 bits per heavy atom. The van der Waals surface area contributed by atoms with E-state index in [1.54, 1.807) is 31.2 Å². The van der Waals surface area contributed by atoms with E-state index in [0.29, 0.717) is 39.9 Å². The zero-order chi connectivity index (χ0) is 22.7. The van der Waals surface area contributed by atoms with Crippen molar-refractivity contribution in [1.29, 1.82) is 0 Å². The first-order valence-electron chi connectivity index (χ1n) is 9.78. The Morgan fingerprint density at radius 3 is 2.35 bits per heavy atom. The van der Waals surface area contributed by atoms with Crippen molar-refractivity contribution in [2.24, 2.45) is 5.41 Å². The van der Waals surface area contributed by atoms with Gasteiger partial charge in [0, 0.05) is 17.1 Å². The number of nitrogens with one attached hydrogen (secondary N) is 3. The third-order valence-electron chi connectivity index (χ3n) is 5.71. The number of rotatable bonds is 5. The van der Waals surface area contributed by atoms with Gasteiger partial charge in [-0.05, 0) is 36.6 Å². The number of carbonyl (C=O) groups is 1. The van der Waals surface area contributed by atoms with E-state index in [1.165, 1.54) is 0 Å². The Kier molecular flexibility index (Phi) is 4.81. The van der Waals surface area contributed by atoms with Crippen LogP contribution in [0, 0.1) is 12.3 Å². The van der Waals surface area contributed by atoms with E-state index < -0.39 is 21.7 Å². The number of anilines is 3. The number of fused-ring (bicyclic) bond motifs is 1. The van der Waals surface area contributed by atoms with E-state index in [9.17, 15) is 14.4 Å². The van der Waals surface area contributed by atoms with Crippen molar-refractivity contribution in [2.75, 3.05) is 10.6 Å². The molecule has 0 fully saturated rings. The van der Waals surface area contributed by atoms with Crippen LogP contribution in [0.25, 0.3) is 0 Å². The number of halogens is 1. The molecule has 3 aromatic rings. The van der Waals surface area contributed by atoms with Crippen molar-refractivity contribution in [3.63, 3.8) is 0 Å². The number of aryl methyl sites for hydroxylation is 1. The third kappa shape index (κ3) is 3.26. The first-order chi connectivity index (χ1) is 14.4. The van der Waals surface area contributed by atoms with Crippen LogP contribution in [0.2, 0.25) is 5.02 Å². The first-order valence-corrected chi connectivity index (χ1v) is 10.2. The molecule has 3 N–H and O–H groups in total. The number of benzene rings is 1. The van der Waals surface area contributed by atoms with Gasteiger partial charge in [-0.15, -0.1) is 0 Å². The number of carbonyl (C=O) groups excluding carboxylic acids is 1. The van der Waals surface area contributed by atoms with Gasteiger partial charge in [0.1, 0.15) is 30.7 Å². The van der Waals surface area contributed by atoms with Crippen molar-refractivity contribution in [1.82, 2.24) is 5.32 Å². The lowest BCUT2D eigenvalue weighted by Crippen LogP contribution is -2.51. The molecular formula is C22H21BClN3O4. The largest absolute Gasteiger partial charge is 0.465 e. The topological polar surface area (TPSA) is 100 Å². The van der Waals surface area contributed by atoms with Crippen LogP contribution in [0.4, 0.5) is 17.1 Å². The van der Waals surface area contributed by atoms with Crippen LogP contribution in [0.5, 0.6) is 0 Å². The molecule has 9 heteroatoms. The zero-order valence-electron chi connectivity index (χ0n) is 17.6. The summed E-state index contributed by atoms with van der Waals surface area (Å²) in [6.45, 7) is 7.78. The van der Waals surface area contributed by atoms with Gasteiger partial charge in [0.05, 0.1) is 16.7 Å². The molecule has 7 nitrogen and oxygen atoms in total. The number of hydrogen-bond donors (Lipinski definition) is 3. The fourth-order valence-electron chi connectivity index (χ4n) is 3.64. The minimum absolute atomic E-state index is 0.0385. The van der Waals surface area contributed by atoms with Crippen LogP contribution in [0.3, 0.4) is 0 Å². The zero-order valence-corrected chi connectivity index (χ0v) is 18.4. The summed E-state index contributed by atoms with van der Waals surface area (Å²) in [5.41, 5.74) is -1.81. The molecule has 158 valence electrons. The van der Waals surface area contributed by atoms with Crippen LogP contribution >= 0.6 is 11.6 Å². The van der Waals surface area contributed by atoms with Crippen molar-refractivity contribution in [3.05, 3.63) is 72.4 Å². The maximum Gasteiger partial charge on any atom is 0.254 e. The summed E-state index contributed by atoms with van der Waals surface area (Å²) in [7, 11) is 6.70. The molecule has 1 aromatic heterocycles. The van der Waals surface area contributed by atoms with Gasteiger partial charge in [-0.1, -0.05) is 32.4 Å². The number of hydrogen-bond acceptors (Lipinski definition) is 6. The fraction of sp³-hybridized carbons (Fsp3) is 0.318. The molecule has 0 saturated heterocycles. The quantitative estimate of drug-likeness (QED) is 0.418. The summed E-state index contributed by atoms with van der Waals surface area (Å²) < 4.78 is 5.75. The first kappa shape index (κ1) is 21.2. The van der Waals surface area contributed by atoms with E-state index in [1.807, 2.05) is 20.8 Å². The highest BCUT2D eigenvalue weighted by molar-refractivity contribution is 6.32. The molecule has 2 heterocycles. The Balaban J connectivity index is 1.75. The molecule has 2 radical (unpaired) electrons. The normalized spacial score (nSPS) is 15.5. The molecule has 4 rings (SSSR count). The van der Waals surface area contributed by atoms with Crippen LogP contribution in [0.1, 0.15) is 48.2 Å². The third-order valence-corrected chi connectivity index (χ3v) is 6.07. The molecule has 31 heavy (non-hydrogen) atoms. The van der Waals surface area contributed by atoms with E-state index in [4.69, 9.17) is 23.9 Å². The molecule has 1 atom stereocenters. The Bertz CT molecular complexity index is 1280. The second-order valence-electron chi connectivity index (χ2n) is 8.76. The maximum absolute atomic E-state index is 12.5. The summed E-state index contributed by atoms with van der Waals surface area (Å²) in [4.78, 5) is 37.1. The smallest absolute Gasteiger partial charge is 0.254 e. The highest BCUT2D eigenvalue weighted by Crippen LogP contribution is 2.41. The SMILES string of the molecule is [B]C(Nc1c(Nc2ccc(Cl)c3c2C(=O)NC3)c(=O)c1=O)(c1ccc(C)o1)C(C)(C)C. The van der Waals surface area contributed by atoms with Crippen molar-refractivity contribution in [3.8, 4) is 0 Å². The highest BCUT2D eigenvalue weighted by Gasteiger charge is 2.43. The lowest BCUT2D eigenvalue weighted by molar-refractivity contribution is 0.0966. The van der Waals surface area contributed by atoms with Gasteiger partial charge in [0.25, 0.3) is 16.8 Å². The highest BCUT2D eigenvalue weighted by atomic mass is 35.5. The van der Waals surface area contributed by atoms with Gasteiger partial charge < -0.3 is 20.4 Å². The predicted octanol–water partition coefficient (Wildman–Crippen LogP) is 3.30. The predicted molar refractivity (Wildman–Crippen MR) is 121 cm³/mol. The number of furan rings is 1. The Labute approximate surface area is 185 Å². The fourth-order valence-corrected chi connectivity index (χ4v) is 3.87. The molecule has 0 aliphatic carbocycles. The molecule has 2 aromatic carbocycles. The lowest BCUT2D eigenvalue weighted by Gasteiger charge is -2.43. The molecule has 0 saturated carbocycles. The van der Waals surface area contributed by atoms with Crippen molar-refractivity contribution < 1.29 is 9.21 Å². The van der Waals surface area contributed by atoms with Crippen LogP contribution in [-0.4, -0.2) is 13.8 Å². The molecule has 0 spiro atoms. The second-order valence-corrected chi connectivity index (χ2v) is 9.16. The molecule has 1 aliphatic heterocycles. The van der Waals surface area contributed by atoms with Crippen LogP contribution < -0.4 is 26.8 Å². The lowest BCUT2D eigenvalue weighted by atomic mass is 9.59. The molecule has 0 bridgehead atoms. The van der Waals surface area contributed by atoms with E-state index >= 15 is 0 Å². The molecule has 1 unspecified atom stereocenters. The number of amides is 1. The average molecular weight is 438 g/mol. The molecule has 1 aliphatic rings. The summed E-state index contributed by atoms with van der Waals surface area (Å²) >= 11 is 6.19.